The molecule has 1 aliphatic rings. The number of nitro benzene ring substituents is 2. The first-order chi connectivity index (χ1) is 15.9. The number of rotatable bonds is 5. The maximum absolute atomic E-state index is 11.5. The molecule has 0 saturated heterocycles. The van der Waals surface area contributed by atoms with Gasteiger partial charge in [0.2, 0.25) is 0 Å². The molecule has 10 heteroatoms. The molecule has 0 fully saturated rings. The van der Waals surface area contributed by atoms with Crippen LogP contribution in [0.1, 0.15) is 16.7 Å². The van der Waals surface area contributed by atoms with Gasteiger partial charge in [0.05, 0.1) is 28.7 Å². The SMILES string of the molecule is COc1cc2c(c3sccc13)-c1ccc(C)cc1/C2=N\Nc1ccc([N+](=O)[O-])cc1[N+](=O)[O-]. The number of nitrogens with one attached hydrogen (secondary N) is 1. The minimum absolute atomic E-state index is 0.0601. The second-order valence-corrected chi connectivity index (χ2v) is 8.42. The number of hydrogen-bond acceptors (Lipinski definition) is 8. The molecule has 1 N–H and O–H groups in total. The summed E-state index contributed by atoms with van der Waals surface area (Å²) in [6.45, 7) is 1.98. The molecule has 0 spiro atoms. The van der Waals surface area contributed by atoms with Gasteiger partial charge in [-0.2, -0.15) is 5.10 Å². The standard InChI is InChI=1S/C23H16N4O5S/c1-12-3-5-14-16(9-12)22(17-11-20(32-2)15-7-8-33-23(15)21(14)17)25-24-18-6-4-13(26(28)29)10-19(18)27(30)31/h3-11,24H,1-2H3/b25-22+. The number of nitrogens with zero attached hydrogens (tertiary/aromatic N) is 3. The number of nitro groups is 2. The molecule has 0 saturated carbocycles. The maximum atomic E-state index is 11.5. The summed E-state index contributed by atoms with van der Waals surface area (Å²) in [6.07, 6.45) is 0. The van der Waals surface area contributed by atoms with Gasteiger partial charge in [0, 0.05) is 32.8 Å². The van der Waals surface area contributed by atoms with Crippen molar-refractivity contribution in [2.75, 3.05) is 12.5 Å². The predicted molar refractivity (Wildman–Crippen MR) is 128 cm³/mol. The van der Waals surface area contributed by atoms with Crippen molar-refractivity contribution in [1.82, 2.24) is 0 Å². The molecule has 33 heavy (non-hydrogen) atoms. The summed E-state index contributed by atoms with van der Waals surface area (Å²) < 4.78 is 6.68. The Morgan fingerprint density at radius 2 is 1.79 bits per heavy atom. The van der Waals surface area contributed by atoms with Crippen molar-refractivity contribution in [3.05, 3.63) is 90.8 Å². The average Bonchev–Trinajstić information content (AvgIpc) is 3.39. The monoisotopic (exact) mass is 460 g/mol. The van der Waals surface area contributed by atoms with E-state index >= 15 is 0 Å². The summed E-state index contributed by atoms with van der Waals surface area (Å²) >= 11 is 1.61. The Morgan fingerprint density at radius 3 is 2.52 bits per heavy atom. The van der Waals surface area contributed by atoms with Crippen LogP contribution in [0.15, 0.2) is 59.0 Å². The van der Waals surface area contributed by atoms with Crippen LogP contribution in [0.4, 0.5) is 17.1 Å². The lowest BCUT2D eigenvalue weighted by molar-refractivity contribution is -0.393. The van der Waals surface area contributed by atoms with E-state index in [2.05, 4.69) is 10.5 Å². The first kappa shape index (κ1) is 20.6. The molecule has 4 aromatic rings. The molecule has 0 bridgehead atoms. The van der Waals surface area contributed by atoms with Crippen LogP contribution in [0.2, 0.25) is 0 Å². The van der Waals surface area contributed by atoms with Crippen molar-refractivity contribution in [3.63, 3.8) is 0 Å². The third-order valence-corrected chi connectivity index (χ3v) is 6.49. The topological polar surface area (TPSA) is 120 Å². The normalized spacial score (nSPS) is 13.1. The molecule has 0 radical (unpaired) electrons. The van der Waals surface area contributed by atoms with E-state index in [1.165, 1.54) is 12.1 Å². The number of hydrogen-bond donors (Lipinski definition) is 1. The van der Waals surface area contributed by atoms with Gasteiger partial charge in [-0.25, -0.2) is 0 Å². The van der Waals surface area contributed by atoms with Gasteiger partial charge in [-0.15, -0.1) is 11.3 Å². The number of thiophene rings is 1. The number of anilines is 1. The third kappa shape index (κ3) is 3.28. The quantitative estimate of drug-likeness (QED) is 0.258. The second-order valence-electron chi connectivity index (χ2n) is 7.50. The molecule has 0 amide bonds. The van der Waals surface area contributed by atoms with Gasteiger partial charge in [-0.05, 0) is 42.1 Å². The van der Waals surface area contributed by atoms with Gasteiger partial charge in [-0.1, -0.05) is 17.7 Å². The van der Waals surface area contributed by atoms with Gasteiger partial charge >= 0.3 is 5.69 Å². The van der Waals surface area contributed by atoms with Crippen molar-refractivity contribution in [3.8, 4) is 16.9 Å². The molecule has 164 valence electrons. The van der Waals surface area contributed by atoms with Crippen molar-refractivity contribution < 1.29 is 14.6 Å². The van der Waals surface area contributed by atoms with Crippen LogP contribution >= 0.6 is 11.3 Å². The lowest BCUT2D eigenvalue weighted by Crippen LogP contribution is -2.05. The molecular weight excluding hydrogens is 444 g/mol. The first-order valence-electron chi connectivity index (χ1n) is 9.85. The lowest BCUT2D eigenvalue weighted by Gasteiger charge is -2.08. The summed E-state index contributed by atoms with van der Waals surface area (Å²) in [5.74, 6) is 0.712. The highest BCUT2D eigenvalue weighted by Gasteiger charge is 2.30. The van der Waals surface area contributed by atoms with Gasteiger partial charge in [0.25, 0.3) is 5.69 Å². The van der Waals surface area contributed by atoms with Crippen LogP contribution in [0, 0.1) is 27.2 Å². The first-order valence-corrected chi connectivity index (χ1v) is 10.7. The maximum Gasteiger partial charge on any atom is 0.301 e. The number of methoxy groups -OCH3 is 1. The van der Waals surface area contributed by atoms with E-state index in [0.717, 1.165) is 44.0 Å². The Bertz CT molecular complexity index is 1510. The van der Waals surface area contributed by atoms with Crippen molar-refractivity contribution in [1.29, 1.82) is 0 Å². The molecule has 1 heterocycles. The zero-order chi connectivity index (χ0) is 23.3. The Labute approximate surface area is 191 Å². The Hall–Kier alpha value is -4.31. The molecule has 0 aliphatic heterocycles. The minimum atomic E-state index is -0.673. The minimum Gasteiger partial charge on any atom is -0.496 e. The van der Waals surface area contributed by atoms with Crippen LogP contribution in [0.5, 0.6) is 5.75 Å². The van der Waals surface area contributed by atoms with Crippen LogP contribution in [-0.2, 0) is 0 Å². The smallest absolute Gasteiger partial charge is 0.301 e. The van der Waals surface area contributed by atoms with E-state index in [-0.39, 0.29) is 11.4 Å². The second kappa shape index (κ2) is 7.68. The fourth-order valence-electron chi connectivity index (χ4n) is 4.06. The third-order valence-electron chi connectivity index (χ3n) is 5.55. The molecular formula is C23H16N4O5S. The summed E-state index contributed by atoms with van der Waals surface area (Å²) in [7, 11) is 1.61. The van der Waals surface area contributed by atoms with Crippen molar-refractivity contribution >= 4 is 44.2 Å². The molecule has 9 nitrogen and oxygen atoms in total. The van der Waals surface area contributed by atoms with Gasteiger partial charge in [-0.3, -0.25) is 25.7 Å². The van der Waals surface area contributed by atoms with Crippen LogP contribution in [-0.4, -0.2) is 22.7 Å². The zero-order valence-corrected chi connectivity index (χ0v) is 18.3. The van der Waals surface area contributed by atoms with Crippen LogP contribution in [0.25, 0.3) is 21.2 Å². The number of aryl methyl sites for hydroxylation is 1. The Kier molecular flexibility index (Phi) is 4.79. The van der Waals surface area contributed by atoms with E-state index in [4.69, 9.17) is 4.74 Å². The zero-order valence-electron chi connectivity index (χ0n) is 17.5. The van der Waals surface area contributed by atoms with Crippen molar-refractivity contribution in [2.24, 2.45) is 5.10 Å². The van der Waals surface area contributed by atoms with Gasteiger partial charge in [0.15, 0.2) is 0 Å². The average molecular weight is 460 g/mol. The van der Waals surface area contributed by atoms with Crippen molar-refractivity contribution in [2.45, 2.75) is 6.92 Å². The molecule has 1 aromatic heterocycles. The molecule has 0 atom stereocenters. The highest BCUT2D eigenvalue weighted by Crippen LogP contribution is 2.47. The fourth-order valence-corrected chi connectivity index (χ4v) is 5.03. The van der Waals surface area contributed by atoms with E-state index in [0.29, 0.717) is 11.5 Å². The number of fused-ring (bicyclic) bond motifs is 5. The highest BCUT2D eigenvalue weighted by atomic mass is 32.1. The Balaban J connectivity index is 1.69. The molecule has 5 rings (SSSR count). The van der Waals surface area contributed by atoms with Crippen LogP contribution in [0.3, 0.4) is 0 Å². The number of non-ortho nitro benzene ring substituents is 1. The van der Waals surface area contributed by atoms with E-state index in [1.54, 1.807) is 18.4 Å². The van der Waals surface area contributed by atoms with E-state index in [9.17, 15) is 20.2 Å². The fraction of sp³-hybridized carbons (Fsp3) is 0.0870. The van der Waals surface area contributed by atoms with Gasteiger partial charge in [0.1, 0.15) is 11.4 Å². The summed E-state index contributed by atoms with van der Waals surface area (Å²) in [4.78, 5) is 21.2. The molecule has 1 aliphatic carbocycles. The number of ether oxygens (including phenoxy) is 1. The summed E-state index contributed by atoms with van der Waals surface area (Å²) in [6, 6.07) is 13.4. The van der Waals surface area contributed by atoms with E-state index < -0.39 is 15.5 Å². The highest BCUT2D eigenvalue weighted by molar-refractivity contribution is 7.18. The van der Waals surface area contributed by atoms with Gasteiger partial charge < -0.3 is 4.74 Å². The number of hydrazone groups is 1. The summed E-state index contributed by atoms with van der Waals surface area (Å²) in [5.41, 5.74) is 7.49. The van der Waals surface area contributed by atoms with E-state index in [1.807, 2.05) is 42.6 Å². The summed E-state index contributed by atoms with van der Waals surface area (Å²) in [5, 5.41) is 30.1. The predicted octanol–water partition coefficient (Wildman–Crippen LogP) is 5.88. The number of benzene rings is 3. The Morgan fingerprint density at radius 1 is 0.970 bits per heavy atom. The largest absolute Gasteiger partial charge is 0.496 e. The lowest BCUT2D eigenvalue weighted by atomic mass is 10.0. The van der Waals surface area contributed by atoms with Crippen LogP contribution < -0.4 is 10.2 Å². The molecule has 3 aromatic carbocycles. The molecule has 0 unspecified atom stereocenters.